The maximum Gasteiger partial charge on any atom is 0.325 e. The number of carboxylic acid groups (broad SMARTS) is 1. The van der Waals surface area contributed by atoms with E-state index in [1.807, 2.05) is 6.92 Å². The number of aliphatic carboxylic acids is 1. The molecule has 0 aliphatic carbocycles. The summed E-state index contributed by atoms with van der Waals surface area (Å²) in [6.45, 7) is 3.29. The largest absolute Gasteiger partial charge is 0.480 e. The molecule has 1 atom stereocenters. The number of aromatic nitrogens is 2. The SMILES string of the molecule is CCCn1cc(C(NCCN=[N+]=[N-])C(=O)O)cn1. The molecule has 0 aliphatic heterocycles. The minimum Gasteiger partial charge on any atom is -0.480 e. The highest BCUT2D eigenvalue weighted by Gasteiger charge is 2.20. The Morgan fingerprint density at radius 2 is 2.56 bits per heavy atom. The third-order valence-electron chi connectivity index (χ3n) is 2.31. The van der Waals surface area contributed by atoms with Gasteiger partial charge in [-0.15, -0.1) is 0 Å². The van der Waals surface area contributed by atoms with Gasteiger partial charge < -0.3 is 10.4 Å². The third kappa shape index (κ3) is 4.08. The minimum atomic E-state index is -0.980. The number of nitrogens with one attached hydrogen (secondary N) is 1. The van der Waals surface area contributed by atoms with E-state index in [9.17, 15) is 4.79 Å². The summed E-state index contributed by atoms with van der Waals surface area (Å²) in [5.74, 6) is -0.980. The van der Waals surface area contributed by atoms with Gasteiger partial charge in [-0.05, 0) is 12.0 Å². The van der Waals surface area contributed by atoms with Crippen LogP contribution in [0.3, 0.4) is 0 Å². The summed E-state index contributed by atoms with van der Waals surface area (Å²) in [5, 5.41) is 19.3. The zero-order chi connectivity index (χ0) is 13.4. The van der Waals surface area contributed by atoms with Crippen LogP contribution in [0.5, 0.6) is 0 Å². The van der Waals surface area contributed by atoms with E-state index in [4.69, 9.17) is 10.6 Å². The Hall–Kier alpha value is -2.05. The molecule has 1 aromatic rings. The second kappa shape index (κ2) is 7.31. The molecule has 0 spiro atoms. The van der Waals surface area contributed by atoms with Crippen LogP contribution in [-0.2, 0) is 11.3 Å². The molecule has 0 amide bonds. The fourth-order valence-corrected chi connectivity index (χ4v) is 1.53. The topological polar surface area (TPSA) is 116 Å². The summed E-state index contributed by atoms with van der Waals surface area (Å²) < 4.78 is 1.71. The second-order valence-corrected chi connectivity index (χ2v) is 3.72. The molecule has 0 aromatic carbocycles. The molecule has 0 bridgehead atoms. The van der Waals surface area contributed by atoms with Gasteiger partial charge in [-0.25, -0.2) is 0 Å². The van der Waals surface area contributed by atoms with Crippen molar-refractivity contribution in [3.05, 3.63) is 28.4 Å². The van der Waals surface area contributed by atoms with Gasteiger partial charge >= 0.3 is 5.97 Å². The zero-order valence-corrected chi connectivity index (χ0v) is 10.2. The van der Waals surface area contributed by atoms with Crippen LogP contribution in [0.15, 0.2) is 17.5 Å². The van der Waals surface area contributed by atoms with Gasteiger partial charge in [0, 0.05) is 36.3 Å². The molecule has 0 aliphatic rings. The van der Waals surface area contributed by atoms with Crippen LogP contribution in [0.1, 0.15) is 24.9 Å². The normalized spacial score (nSPS) is 11.8. The number of carboxylic acids is 1. The first-order chi connectivity index (χ1) is 8.69. The minimum absolute atomic E-state index is 0.212. The molecule has 18 heavy (non-hydrogen) atoms. The highest BCUT2D eigenvalue weighted by atomic mass is 16.4. The predicted octanol–water partition coefficient (Wildman–Crippen LogP) is 1.32. The summed E-state index contributed by atoms with van der Waals surface area (Å²) in [6, 6.07) is -0.829. The maximum atomic E-state index is 11.1. The lowest BCUT2D eigenvalue weighted by atomic mass is 10.1. The number of azide groups is 1. The lowest BCUT2D eigenvalue weighted by Gasteiger charge is -2.11. The number of nitrogens with zero attached hydrogens (tertiary/aromatic N) is 5. The van der Waals surface area contributed by atoms with Crippen molar-refractivity contribution in [3.8, 4) is 0 Å². The van der Waals surface area contributed by atoms with Crippen molar-refractivity contribution in [2.45, 2.75) is 25.9 Å². The average molecular weight is 252 g/mol. The van der Waals surface area contributed by atoms with E-state index in [2.05, 4.69) is 20.4 Å². The maximum absolute atomic E-state index is 11.1. The Morgan fingerprint density at radius 3 is 3.17 bits per heavy atom. The number of hydrogen-bond acceptors (Lipinski definition) is 4. The first-order valence-electron chi connectivity index (χ1n) is 5.68. The molecule has 1 rings (SSSR count). The lowest BCUT2D eigenvalue weighted by molar-refractivity contribution is -0.139. The van der Waals surface area contributed by atoms with Crippen LogP contribution >= 0.6 is 0 Å². The van der Waals surface area contributed by atoms with Crippen molar-refractivity contribution in [3.63, 3.8) is 0 Å². The van der Waals surface area contributed by atoms with E-state index in [1.165, 1.54) is 6.20 Å². The van der Waals surface area contributed by atoms with Crippen LogP contribution in [0.2, 0.25) is 0 Å². The Balaban J connectivity index is 2.64. The first kappa shape index (κ1) is 14.0. The van der Waals surface area contributed by atoms with Crippen LogP contribution < -0.4 is 5.32 Å². The zero-order valence-electron chi connectivity index (χ0n) is 10.2. The van der Waals surface area contributed by atoms with Gasteiger partial charge in [-0.3, -0.25) is 9.48 Å². The molecule has 0 saturated carbocycles. The molecule has 0 fully saturated rings. The van der Waals surface area contributed by atoms with E-state index < -0.39 is 12.0 Å². The molecule has 98 valence electrons. The standard InChI is InChI=1S/C10H16N6O2/c1-2-5-16-7-8(6-14-16)9(10(17)18)12-3-4-13-15-11/h6-7,9,12H,2-5H2,1H3,(H,17,18). The quantitative estimate of drug-likeness (QED) is 0.314. The molecule has 1 heterocycles. The fourth-order valence-electron chi connectivity index (χ4n) is 1.53. The van der Waals surface area contributed by atoms with Gasteiger partial charge in [0.2, 0.25) is 0 Å². The van der Waals surface area contributed by atoms with Gasteiger partial charge in [-0.1, -0.05) is 12.0 Å². The van der Waals surface area contributed by atoms with Crippen molar-refractivity contribution in [1.82, 2.24) is 15.1 Å². The monoisotopic (exact) mass is 252 g/mol. The summed E-state index contributed by atoms with van der Waals surface area (Å²) >= 11 is 0. The van der Waals surface area contributed by atoms with E-state index in [0.717, 1.165) is 13.0 Å². The van der Waals surface area contributed by atoms with Crippen LogP contribution in [0.25, 0.3) is 10.4 Å². The molecular formula is C10H16N6O2. The summed E-state index contributed by atoms with van der Waals surface area (Å²) in [6.07, 6.45) is 4.18. The molecular weight excluding hydrogens is 236 g/mol. The van der Waals surface area contributed by atoms with Gasteiger partial charge in [0.1, 0.15) is 6.04 Å². The second-order valence-electron chi connectivity index (χ2n) is 3.72. The van der Waals surface area contributed by atoms with E-state index in [-0.39, 0.29) is 6.54 Å². The van der Waals surface area contributed by atoms with Gasteiger partial charge in [0.15, 0.2) is 0 Å². The molecule has 1 unspecified atom stereocenters. The smallest absolute Gasteiger partial charge is 0.325 e. The van der Waals surface area contributed by atoms with Crippen LogP contribution in [0, 0.1) is 0 Å². The number of hydrogen-bond donors (Lipinski definition) is 2. The first-order valence-corrected chi connectivity index (χ1v) is 5.68. The molecule has 8 heteroatoms. The Labute approximate surface area is 104 Å². The molecule has 8 nitrogen and oxygen atoms in total. The van der Waals surface area contributed by atoms with Crippen molar-refractivity contribution < 1.29 is 9.90 Å². The van der Waals surface area contributed by atoms with Crippen LogP contribution in [0.4, 0.5) is 0 Å². The molecule has 1 aromatic heterocycles. The Morgan fingerprint density at radius 1 is 1.78 bits per heavy atom. The lowest BCUT2D eigenvalue weighted by Crippen LogP contribution is -2.30. The van der Waals surface area contributed by atoms with E-state index >= 15 is 0 Å². The van der Waals surface area contributed by atoms with E-state index in [0.29, 0.717) is 12.1 Å². The van der Waals surface area contributed by atoms with Crippen molar-refractivity contribution >= 4 is 5.97 Å². The Kier molecular flexibility index (Phi) is 5.69. The predicted molar refractivity (Wildman–Crippen MR) is 64.9 cm³/mol. The summed E-state index contributed by atoms with van der Waals surface area (Å²) in [5.41, 5.74) is 8.72. The van der Waals surface area contributed by atoms with Crippen molar-refractivity contribution in [2.24, 2.45) is 5.11 Å². The van der Waals surface area contributed by atoms with Gasteiger partial charge in [-0.2, -0.15) is 5.10 Å². The van der Waals surface area contributed by atoms with E-state index in [1.54, 1.807) is 10.9 Å². The molecule has 2 N–H and O–H groups in total. The third-order valence-corrected chi connectivity index (χ3v) is 2.31. The van der Waals surface area contributed by atoms with Crippen molar-refractivity contribution in [2.75, 3.05) is 13.1 Å². The Bertz CT molecular complexity index is 437. The van der Waals surface area contributed by atoms with Gasteiger partial charge in [0.05, 0.1) is 6.20 Å². The fraction of sp³-hybridized carbons (Fsp3) is 0.600. The van der Waals surface area contributed by atoms with Crippen LogP contribution in [-0.4, -0.2) is 33.9 Å². The highest BCUT2D eigenvalue weighted by Crippen LogP contribution is 2.12. The number of carbonyl (C=O) groups is 1. The number of aryl methyl sites for hydroxylation is 1. The molecule has 0 saturated heterocycles. The average Bonchev–Trinajstić information content (AvgIpc) is 2.77. The summed E-state index contributed by atoms with van der Waals surface area (Å²) in [4.78, 5) is 13.7. The molecule has 0 radical (unpaired) electrons. The number of rotatable bonds is 8. The summed E-state index contributed by atoms with van der Waals surface area (Å²) in [7, 11) is 0. The highest BCUT2D eigenvalue weighted by molar-refractivity contribution is 5.75. The van der Waals surface area contributed by atoms with Gasteiger partial charge in [0.25, 0.3) is 0 Å². The van der Waals surface area contributed by atoms with Crippen molar-refractivity contribution in [1.29, 1.82) is 0 Å².